The predicted molar refractivity (Wildman–Crippen MR) is 149 cm³/mol. The van der Waals surface area contributed by atoms with Gasteiger partial charge >= 0.3 is 5.97 Å². The van der Waals surface area contributed by atoms with Crippen molar-refractivity contribution < 1.29 is 32.5 Å². The minimum Gasteiger partial charge on any atom is -0.478 e. The maximum atomic E-state index is 15.5. The summed E-state index contributed by atoms with van der Waals surface area (Å²) in [6, 6.07) is 16.3. The van der Waals surface area contributed by atoms with Gasteiger partial charge in [-0.15, -0.1) is 0 Å². The largest absolute Gasteiger partial charge is 0.478 e. The number of hydrogen-bond acceptors (Lipinski definition) is 5. The molecule has 3 heterocycles. The highest BCUT2D eigenvalue weighted by Gasteiger charge is 2.24. The van der Waals surface area contributed by atoms with Gasteiger partial charge in [-0.05, 0) is 54.4 Å². The van der Waals surface area contributed by atoms with Crippen molar-refractivity contribution >= 4 is 28.6 Å². The van der Waals surface area contributed by atoms with Crippen LogP contribution in [-0.4, -0.2) is 38.3 Å². The molecule has 1 aliphatic rings. The molecule has 42 heavy (non-hydrogen) atoms. The first-order valence-corrected chi connectivity index (χ1v) is 13.5. The van der Waals surface area contributed by atoms with Crippen LogP contribution >= 0.6 is 11.6 Å². The van der Waals surface area contributed by atoms with E-state index < -0.39 is 23.4 Å². The van der Waals surface area contributed by atoms with E-state index in [0.717, 1.165) is 6.42 Å². The van der Waals surface area contributed by atoms with E-state index in [-0.39, 0.29) is 58.0 Å². The molecule has 6 rings (SSSR count). The standard InChI is InChI=1S/C31H23ClF3N3O4/c32-20-7-4-19(23(33)14-20)16-42-28-3-1-2-24(37-28)22-8-5-17(29(34)30(22)35)13-27-36-25-9-6-18(31(39)40)12-26(25)38(27)15-21-10-11-41-21/h1-9,12,14,21H,10-11,13,15-16H2,(H,39,40). The van der Waals surface area contributed by atoms with Gasteiger partial charge in [0.2, 0.25) is 5.88 Å². The number of hydrogen-bond donors (Lipinski definition) is 1. The number of pyridine rings is 1. The number of aromatic carboxylic acids is 1. The van der Waals surface area contributed by atoms with Crippen LogP contribution in [0.1, 0.15) is 33.7 Å². The fraction of sp³-hybridized carbons (Fsp3) is 0.194. The first kappa shape index (κ1) is 27.7. The third kappa shape index (κ3) is 5.55. The minimum absolute atomic E-state index is 0.0317. The second-order valence-electron chi connectivity index (χ2n) is 9.89. The lowest BCUT2D eigenvalue weighted by molar-refractivity contribution is -0.0589. The number of aromatic nitrogens is 3. The molecule has 1 saturated heterocycles. The molecule has 0 radical (unpaired) electrons. The lowest BCUT2D eigenvalue weighted by Gasteiger charge is -2.27. The molecule has 0 aliphatic carbocycles. The Hall–Kier alpha value is -4.41. The van der Waals surface area contributed by atoms with E-state index in [1.807, 2.05) is 4.57 Å². The SMILES string of the molecule is O=C(O)c1ccc2nc(Cc3ccc(-c4cccc(OCc5ccc(Cl)cc5F)n4)c(F)c3F)n(CC3CCO3)c2c1. The summed E-state index contributed by atoms with van der Waals surface area (Å²) in [5, 5.41) is 9.70. The lowest BCUT2D eigenvalue weighted by Crippen LogP contribution is -2.31. The van der Waals surface area contributed by atoms with Gasteiger partial charge in [0.1, 0.15) is 18.2 Å². The van der Waals surface area contributed by atoms with Gasteiger partial charge in [-0.2, -0.15) is 0 Å². The maximum absolute atomic E-state index is 15.5. The number of halogens is 4. The van der Waals surface area contributed by atoms with E-state index in [4.69, 9.17) is 21.1 Å². The zero-order valence-corrected chi connectivity index (χ0v) is 22.7. The van der Waals surface area contributed by atoms with E-state index in [1.165, 1.54) is 54.6 Å². The monoisotopic (exact) mass is 593 g/mol. The first-order chi connectivity index (χ1) is 20.3. The molecule has 0 bridgehead atoms. The van der Waals surface area contributed by atoms with E-state index in [1.54, 1.807) is 12.1 Å². The van der Waals surface area contributed by atoms with Gasteiger partial charge in [-0.25, -0.2) is 27.9 Å². The fourth-order valence-corrected chi connectivity index (χ4v) is 4.97. The molecule has 11 heteroatoms. The van der Waals surface area contributed by atoms with Crippen LogP contribution in [0.5, 0.6) is 5.88 Å². The molecule has 0 amide bonds. The number of ether oxygens (including phenoxy) is 2. The third-order valence-electron chi connectivity index (χ3n) is 7.15. The molecule has 1 aliphatic heterocycles. The molecule has 214 valence electrons. The Morgan fingerprint density at radius 3 is 2.57 bits per heavy atom. The molecule has 2 aromatic heterocycles. The van der Waals surface area contributed by atoms with Crippen molar-refractivity contribution in [2.24, 2.45) is 0 Å². The molecule has 1 N–H and O–H groups in total. The first-order valence-electron chi connectivity index (χ1n) is 13.1. The van der Waals surface area contributed by atoms with Gasteiger partial charge in [0.15, 0.2) is 11.6 Å². The fourth-order valence-electron chi connectivity index (χ4n) is 4.81. The van der Waals surface area contributed by atoms with Gasteiger partial charge in [0.05, 0.1) is 34.9 Å². The van der Waals surface area contributed by atoms with Crippen LogP contribution in [0, 0.1) is 17.5 Å². The molecule has 1 fully saturated rings. The van der Waals surface area contributed by atoms with Crippen LogP contribution in [-0.2, 0) is 24.3 Å². The molecule has 1 unspecified atom stereocenters. The molecule has 3 aromatic carbocycles. The van der Waals surface area contributed by atoms with Gasteiger partial charge in [0.25, 0.3) is 0 Å². The summed E-state index contributed by atoms with van der Waals surface area (Å²) in [5.74, 6) is -3.17. The number of carboxylic acid groups (broad SMARTS) is 1. The summed E-state index contributed by atoms with van der Waals surface area (Å²) in [5.41, 5.74) is 1.64. The predicted octanol–water partition coefficient (Wildman–Crippen LogP) is 6.83. The van der Waals surface area contributed by atoms with E-state index in [2.05, 4.69) is 9.97 Å². The van der Waals surface area contributed by atoms with E-state index in [0.29, 0.717) is 30.0 Å². The average molecular weight is 594 g/mol. The highest BCUT2D eigenvalue weighted by Crippen LogP contribution is 2.29. The highest BCUT2D eigenvalue weighted by molar-refractivity contribution is 6.30. The number of benzene rings is 3. The van der Waals surface area contributed by atoms with Crippen molar-refractivity contribution in [3.63, 3.8) is 0 Å². The molecule has 0 saturated carbocycles. The zero-order valence-electron chi connectivity index (χ0n) is 22.0. The quantitative estimate of drug-likeness (QED) is 0.202. The Balaban J connectivity index is 1.27. The summed E-state index contributed by atoms with van der Waals surface area (Å²) in [7, 11) is 0. The topological polar surface area (TPSA) is 86.5 Å². The molecule has 7 nitrogen and oxygen atoms in total. The minimum atomic E-state index is -1.08. The molecule has 5 aromatic rings. The highest BCUT2D eigenvalue weighted by atomic mass is 35.5. The van der Waals surface area contributed by atoms with Crippen molar-refractivity contribution in [2.45, 2.75) is 32.1 Å². The van der Waals surface area contributed by atoms with Crippen LogP contribution in [0.4, 0.5) is 13.2 Å². The second kappa shape index (κ2) is 11.5. The van der Waals surface area contributed by atoms with Gasteiger partial charge in [0, 0.05) is 35.2 Å². The van der Waals surface area contributed by atoms with Crippen LogP contribution in [0.25, 0.3) is 22.3 Å². The molecule has 0 spiro atoms. The van der Waals surface area contributed by atoms with Crippen LogP contribution in [0.2, 0.25) is 5.02 Å². The summed E-state index contributed by atoms with van der Waals surface area (Å²) in [6.07, 6.45) is 0.728. The number of carbonyl (C=O) groups is 1. The van der Waals surface area contributed by atoms with Crippen LogP contribution in [0.15, 0.2) is 66.7 Å². The van der Waals surface area contributed by atoms with Crippen LogP contribution in [0.3, 0.4) is 0 Å². The van der Waals surface area contributed by atoms with E-state index >= 15 is 8.78 Å². The molecular weight excluding hydrogens is 571 g/mol. The number of carboxylic acids is 1. The second-order valence-corrected chi connectivity index (χ2v) is 10.3. The molecular formula is C31H23ClF3N3O4. The third-order valence-corrected chi connectivity index (χ3v) is 7.39. The summed E-state index contributed by atoms with van der Waals surface area (Å²) in [6.45, 7) is 0.913. The van der Waals surface area contributed by atoms with Crippen molar-refractivity contribution in [1.29, 1.82) is 0 Å². The number of imidazole rings is 1. The van der Waals surface area contributed by atoms with Crippen molar-refractivity contribution in [1.82, 2.24) is 14.5 Å². The Morgan fingerprint density at radius 2 is 1.83 bits per heavy atom. The van der Waals surface area contributed by atoms with Crippen molar-refractivity contribution in [3.8, 4) is 17.1 Å². The van der Waals surface area contributed by atoms with Gasteiger partial charge in [-0.1, -0.05) is 29.8 Å². The normalized spacial score (nSPS) is 14.6. The summed E-state index contributed by atoms with van der Waals surface area (Å²) in [4.78, 5) is 20.4. The van der Waals surface area contributed by atoms with Crippen molar-refractivity contribution in [3.05, 3.63) is 112 Å². The molecule has 1 atom stereocenters. The number of fused-ring (bicyclic) bond motifs is 1. The number of nitrogens with zero attached hydrogens (tertiary/aromatic N) is 3. The van der Waals surface area contributed by atoms with E-state index in [9.17, 15) is 14.3 Å². The van der Waals surface area contributed by atoms with Crippen LogP contribution < -0.4 is 4.74 Å². The summed E-state index contributed by atoms with van der Waals surface area (Å²) < 4.78 is 57.9. The Labute approximate surface area is 243 Å². The van der Waals surface area contributed by atoms with Gasteiger partial charge < -0.3 is 19.1 Å². The zero-order chi connectivity index (χ0) is 29.4. The Morgan fingerprint density at radius 1 is 1.02 bits per heavy atom. The number of rotatable bonds is 9. The smallest absolute Gasteiger partial charge is 0.335 e. The Bertz CT molecular complexity index is 1820. The maximum Gasteiger partial charge on any atom is 0.335 e. The lowest BCUT2D eigenvalue weighted by atomic mass is 10.0. The summed E-state index contributed by atoms with van der Waals surface area (Å²) >= 11 is 5.79. The van der Waals surface area contributed by atoms with Crippen molar-refractivity contribution in [2.75, 3.05) is 6.61 Å². The van der Waals surface area contributed by atoms with Gasteiger partial charge in [-0.3, -0.25) is 0 Å². The average Bonchev–Trinajstić information content (AvgIpc) is 3.29. The Kier molecular flexibility index (Phi) is 7.57.